The van der Waals surface area contributed by atoms with Crippen molar-refractivity contribution in [3.05, 3.63) is 29.3 Å². The van der Waals surface area contributed by atoms with Crippen LogP contribution in [0.2, 0.25) is 0 Å². The maximum atomic E-state index is 9.15. The molecule has 0 heterocycles. The number of hydrogen-bond acceptors (Lipinski definition) is 2. The molecule has 0 unspecified atom stereocenters. The average Bonchev–Trinajstić information content (AvgIpc) is 3.10. The molecule has 0 N–H and O–H groups in total. The first-order valence-electron chi connectivity index (χ1n) is 6.03. The average molecular weight is 214 g/mol. The lowest BCUT2D eigenvalue weighted by Gasteiger charge is -2.25. The van der Waals surface area contributed by atoms with E-state index in [9.17, 15) is 0 Å². The second-order valence-corrected chi connectivity index (χ2v) is 4.56. The SMILES string of the molecule is CCCN(c1cc(C)ccc1C#N)C1CC1. The van der Waals surface area contributed by atoms with E-state index in [-0.39, 0.29) is 0 Å². The summed E-state index contributed by atoms with van der Waals surface area (Å²) in [6.45, 7) is 5.34. The third kappa shape index (κ3) is 2.19. The normalized spacial score (nSPS) is 14.6. The van der Waals surface area contributed by atoms with Crippen molar-refractivity contribution in [2.75, 3.05) is 11.4 Å². The highest BCUT2D eigenvalue weighted by Crippen LogP contribution is 2.34. The van der Waals surface area contributed by atoms with E-state index in [4.69, 9.17) is 5.26 Å². The summed E-state index contributed by atoms with van der Waals surface area (Å²) in [5.41, 5.74) is 3.17. The molecule has 0 amide bonds. The van der Waals surface area contributed by atoms with Gasteiger partial charge in [-0.25, -0.2) is 0 Å². The molecule has 0 radical (unpaired) electrons. The summed E-state index contributed by atoms with van der Waals surface area (Å²) < 4.78 is 0. The van der Waals surface area contributed by atoms with E-state index in [0.29, 0.717) is 6.04 Å². The largest absolute Gasteiger partial charge is 0.367 e. The van der Waals surface area contributed by atoms with E-state index in [1.807, 2.05) is 12.1 Å². The maximum absolute atomic E-state index is 9.15. The highest BCUT2D eigenvalue weighted by molar-refractivity contribution is 5.61. The molecule has 1 aliphatic carbocycles. The van der Waals surface area contributed by atoms with E-state index in [1.165, 1.54) is 18.4 Å². The molecule has 1 aromatic carbocycles. The highest BCUT2D eigenvalue weighted by atomic mass is 15.2. The smallest absolute Gasteiger partial charge is 0.101 e. The molecule has 0 saturated heterocycles. The third-order valence-corrected chi connectivity index (χ3v) is 3.04. The number of rotatable bonds is 4. The monoisotopic (exact) mass is 214 g/mol. The molecule has 1 fully saturated rings. The van der Waals surface area contributed by atoms with Gasteiger partial charge in [-0.15, -0.1) is 0 Å². The van der Waals surface area contributed by atoms with Crippen molar-refractivity contribution in [2.45, 2.75) is 39.2 Å². The Labute approximate surface area is 97.5 Å². The molecule has 0 aromatic heterocycles. The number of anilines is 1. The number of aryl methyl sites for hydroxylation is 1. The fourth-order valence-electron chi connectivity index (χ4n) is 2.10. The van der Waals surface area contributed by atoms with Gasteiger partial charge in [0, 0.05) is 12.6 Å². The van der Waals surface area contributed by atoms with Crippen LogP contribution in [0.25, 0.3) is 0 Å². The topological polar surface area (TPSA) is 27.0 Å². The van der Waals surface area contributed by atoms with E-state index in [1.54, 1.807) is 0 Å². The van der Waals surface area contributed by atoms with Crippen LogP contribution in [-0.2, 0) is 0 Å². The van der Waals surface area contributed by atoms with Crippen molar-refractivity contribution < 1.29 is 0 Å². The van der Waals surface area contributed by atoms with Crippen LogP contribution in [0.3, 0.4) is 0 Å². The van der Waals surface area contributed by atoms with Crippen LogP contribution in [0.15, 0.2) is 18.2 Å². The van der Waals surface area contributed by atoms with Gasteiger partial charge in [-0.1, -0.05) is 13.0 Å². The lowest BCUT2D eigenvalue weighted by Crippen LogP contribution is -2.27. The summed E-state index contributed by atoms with van der Waals surface area (Å²) >= 11 is 0. The third-order valence-electron chi connectivity index (χ3n) is 3.04. The first-order chi connectivity index (χ1) is 7.76. The Morgan fingerprint density at radius 3 is 2.75 bits per heavy atom. The molecule has 0 aliphatic heterocycles. The molecule has 0 atom stereocenters. The van der Waals surface area contributed by atoms with Gasteiger partial charge in [-0.2, -0.15) is 5.26 Å². The van der Waals surface area contributed by atoms with E-state index in [2.05, 4.69) is 30.9 Å². The first kappa shape index (κ1) is 11.0. The predicted molar refractivity (Wildman–Crippen MR) is 66.6 cm³/mol. The second kappa shape index (κ2) is 4.57. The minimum Gasteiger partial charge on any atom is -0.367 e. The van der Waals surface area contributed by atoms with Crippen molar-refractivity contribution in [3.63, 3.8) is 0 Å². The zero-order valence-corrected chi connectivity index (χ0v) is 10.0. The molecule has 1 aliphatic rings. The summed E-state index contributed by atoms with van der Waals surface area (Å²) in [5.74, 6) is 0. The van der Waals surface area contributed by atoms with Gasteiger partial charge >= 0.3 is 0 Å². The summed E-state index contributed by atoms with van der Waals surface area (Å²) in [5, 5.41) is 9.15. The Balaban J connectivity index is 2.35. The quantitative estimate of drug-likeness (QED) is 0.769. The van der Waals surface area contributed by atoms with E-state index in [0.717, 1.165) is 24.2 Å². The van der Waals surface area contributed by atoms with Gasteiger partial charge in [-0.3, -0.25) is 0 Å². The van der Waals surface area contributed by atoms with Crippen LogP contribution < -0.4 is 4.90 Å². The molecular weight excluding hydrogens is 196 g/mol. The van der Waals surface area contributed by atoms with Gasteiger partial charge < -0.3 is 4.90 Å². The molecule has 0 spiro atoms. The van der Waals surface area contributed by atoms with Gasteiger partial charge in [0.25, 0.3) is 0 Å². The van der Waals surface area contributed by atoms with Gasteiger partial charge in [0.2, 0.25) is 0 Å². The fraction of sp³-hybridized carbons (Fsp3) is 0.500. The van der Waals surface area contributed by atoms with Crippen molar-refractivity contribution in [2.24, 2.45) is 0 Å². The van der Waals surface area contributed by atoms with Gasteiger partial charge in [0.15, 0.2) is 0 Å². The molecule has 84 valence electrons. The van der Waals surface area contributed by atoms with Crippen LogP contribution in [0.1, 0.15) is 37.3 Å². The second-order valence-electron chi connectivity index (χ2n) is 4.56. The lowest BCUT2D eigenvalue weighted by atomic mass is 10.1. The number of benzene rings is 1. The van der Waals surface area contributed by atoms with Crippen molar-refractivity contribution in [3.8, 4) is 6.07 Å². The Morgan fingerprint density at radius 2 is 2.19 bits per heavy atom. The Kier molecular flexibility index (Phi) is 3.14. The molecule has 1 aromatic rings. The molecule has 2 nitrogen and oxygen atoms in total. The predicted octanol–water partition coefficient (Wildman–Crippen LogP) is 3.25. The van der Waals surface area contributed by atoms with Crippen LogP contribution in [-0.4, -0.2) is 12.6 Å². The van der Waals surface area contributed by atoms with Crippen LogP contribution >= 0.6 is 0 Å². The number of nitriles is 1. The van der Waals surface area contributed by atoms with Gasteiger partial charge in [0.05, 0.1) is 11.3 Å². The Bertz CT molecular complexity index is 413. The molecular formula is C14H18N2. The molecule has 2 rings (SSSR count). The fourth-order valence-corrected chi connectivity index (χ4v) is 2.10. The van der Waals surface area contributed by atoms with Crippen LogP contribution in [0.4, 0.5) is 5.69 Å². The van der Waals surface area contributed by atoms with Gasteiger partial charge in [-0.05, 0) is 43.9 Å². The van der Waals surface area contributed by atoms with E-state index >= 15 is 0 Å². The molecule has 2 heteroatoms. The zero-order chi connectivity index (χ0) is 11.5. The van der Waals surface area contributed by atoms with Gasteiger partial charge in [0.1, 0.15) is 6.07 Å². The molecule has 1 saturated carbocycles. The summed E-state index contributed by atoms with van der Waals surface area (Å²) in [7, 11) is 0. The molecule has 16 heavy (non-hydrogen) atoms. The summed E-state index contributed by atoms with van der Waals surface area (Å²) in [4.78, 5) is 2.41. The lowest BCUT2D eigenvalue weighted by molar-refractivity contribution is 0.761. The first-order valence-corrected chi connectivity index (χ1v) is 6.03. The standard InChI is InChI=1S/C14H18N2/c1-3-8-16(13-6-7-13)14-9-11(2)4-5-12(14)10-15/h4-5,9,13H,3,6-8H2,1-2H3. The minimum atomic E-state index is 0.675. The van der Waals surface area contributed by atoms with Crippen molar-refractivity contribution in [1.82, 2.24) is 0 Å². The van der Waals surface area contributed by atoms with Crippen molar-refractivity contribution in [1.29, 1.82) is 5.26 Å². The van der Waals surface area contributed by atoms with Crippen molar-refractivity contribution >= 4 is 5.69 Å². The Morgan fingerprint density at radius 1 is 1.44 bits per heavy atom. The summed E-state index contributed by atoms with van der Waals surface area (Å²) in [6, 6.07) is 9.08. The highest BCUT2D eigenvalue weighted by Gasteiger charge is 2.29. The Hall–Kier alpha value is -1.49. The van der Waals surface area contributed by atoms with E-state index < -0.39 is 0 Å². The zero-order valence-electron chi connectivity index (χ0n) is 10.0. The minimum absolute atomic E-state index is 0.675. The number of hydrogen-bond donors (Lipinski definition) is 0. The molecule has 0 bridgehead atoms. The number of nitrogens with zero attached hydrogens (tertiary/aromatic N) is 2. The maximum Gasteiger partial charge on any atom is 0.101 e. The summed E-state index contributed by atoms with van der Waals surface area (Å²) in [6.07, 6.45) is 3.69. The van der Waals surface area contributed by atoms with Crippen LogP contribution in [0.5, 0.6) is 0 Å². The van der Waals surface area contributed by atoms with Crippen LogP contribution in [0, 0.1) is 18.3 Å².